The van der Waals surface area contributed by atoms with Gasteiger partial charge < -0.3 is 14.7 Å². The van der Waals surface area contributed by atoms with E-state index in [0.29, 0.717) is 5.88 Å². The van der Waals surface area contributed by atoms with Crippen LogP contribution in [0.15, 0.2) is 27.3 Å². The van der Waals surface area contributed by atoms with Crippen LogP contribution in [-0.4, -0.2) is 5.16 Å². The minimum Gasteiger partial charge on any atom is -0.469 e. The van der Waals surface area contributed by atoms with Gasteiger partial charge in [-0.05, 0) is 18.6 Å². The van der Waals surface area contributed by atoms with Crippen molar-refractivity contribution in [3.8, 4) is 0 Å². The molecule has 0 saturated heterocycles. The molecule has 80 valence electrons. The van der Waals surface area contributed by atoms with E-state index in [1.165, 1.54) is 0 Å². The molecule has 0 aliphatic rings. The molecule has 15 heavy (non-hydrogen) atoms. The first-order valence-electron chi connectivity index (χ1n) is 5.06. The van der Waals surface area contributed by atoms with Crippen LogP contribution in [0.5, 0.6) is 0 Å². The summed E-state index contributed by atoms with van der Waals surface area (Å²) in [7, 11) is 0. The molecule has 2 aromatic heterocycles. The van der Waals surface area contributed by atoms with Gasteiger partial charge in [-0.2, -0.15) is 0 Å². The van der Waals surface area contributed by atoms with E-state index >= 15 is 0 Å². The molecule has 2 N–H and O–H groups in total. The van der Waals surface area contributed by atoms with Crippen LogP contribution in [0.25, 0.3) is 0 Å². The molecule has 0 aliphatic carbocycles. The molecule has 0 aliphatic heterocycles. The van der Waals surface area contributed by atoms with Crippen LogP contribution in [-0.2, 0) is 19.3 Å². The van der Waals surface area contributed by atoms with Gasteiger partial charge in [-0.15, -0.1) is 0 Å². The molecular weight excluding hydrogens is 192 g/mol. The van der Waals surface area contributed by atoms with E-state index in [9.17, 15) is 0 Å². The van der Waals surface area contributed by atoms with Crippen molar-refractivity contribution >= 4 is 5.88 Å². The van der Waals surface area contributed by atoms with E-state index < -0.39 is 0 Å². The third-order valence-electron chi connectivity index (χ3n) is 2.44. The van der Waals surface area contributed by atoms with Crippen molar-refractivity contribution in [2.45, 2.75) is 26.2 Å². The number of rotatable bonds is 4. The van der Waals surface area contributed by atoms with Gasteiger partial charge in [-0.3, -0.25) is 0 Å². The van der Waals surface area contributed by atoms with Gasteiger partial charge in [0, 0.05) is 18.4 Å². The second-order valence-corrected chi connectivity index (χ2v) is 3.40. The second-order valence-electron chi connectivity index (χ2n) is 3.40. The molecule has 2 aromatic rings. The van der Waals surface area contributed by atoms with Gasteiger partial charge in [0.2, 0.25) is 5.88 Å². The predicted octanol–water partition coefficient (Wildman–Crippen LogP) is 2.20. The molecule has 4 heteroatoms. The standard InChI is InChI=1S/C11H14N2O2/c1-2-9-10(13-15-11(9)12)6-5-8-4-3-7-14-8/h3-4,7H,2,5-6,12H2,1H3. The lowest BCUT2D eigenvalue weighted by atomic mass is 10.1. The summed E-state index contributed by atoms with van der Waals surface area (Å²) in [5.74, 6) is 1.39. The van der Waals surface area contributed by atoms with Crippen LogP contribution in [0.1, 0.15) is 23.9 Å². The smallest absolute Gasteiger partial charge is 0.225 e. The maximum Gasteiger partial charge on any atom is 0.225 e. The Bertz CT molecular complexity index is 418. The van der Waals surface area contributed by atoms with E-state index in [0.717, 1.165) is 36.3 Å². The van der Waals surface area contributed by atoms with Crippen LogP contribution in [0.2, 0.25) is 0 Å². The Morgan fingerprint density at radius 3 is 2.93 bits per heavy atom. The molecule has 0 atom stereocenters. The second kappa shape index (κ2) is 4.21. The fourth-order valence-electron chi connectivity index (χ4n) is 1.63. The molecule has 0 aromatic carbocycles. The predicted molar refractivity (Wildman–Crippen MR) is 56.4 cm³/mol. The highest BCUT2D eigenvalue weighted by atomic mass is 16.5. The minimum atomic E-state index is 0.437. The molecule has 0 saturated carbocycles. The first-order valence-corrected chi connectivity index (χ1v) is 5.06. The third-order valence-corrected chi connectivity index (χ3v) is 2.44. The SMILES string of the molecule is CCc1c(CCc2ccco2)noc1N. The lowest BCUT2D eigenvalue weighted by molar-refractivity contribution is 0.425. The van der Waals surface area contributed by atoms with Gasteiger partial charge in [0.25, 0.3) is 0 Å². The Hall–Kier alpha value is -1.71. The van der Waals surface area contributed by atoms with Gasteiger partial charge in [0.1, 0.15) is 5.76 Å². The Morgan fingerprint density at radius 1 is 1.40 bits per heavy atom. The van der Waals surface area contributed by atoms with E-state index in [1.54, 1.807) is 6.26 Å². The van der Waals surface area contributed by atoms with Crippen molar-refractivity contribution in [3.63, 3.8) is 0 Å². The lowest BCUT2D eigenvalue weighted by Crippen LogP contribution is -1.96. The summed E-state index contributed by atoms with van der Waals surface area (Å²) < 4.78 is 10.2. The topological polar surface area (TPSA) is 65.2 Å². The molecule has 0 spiro atoms. The Balaban J connectivity index is 2.05. The van der Waals surface area contributed by atoms with E-state index in [2.05, 4.69) is 5.16 Å². The monoisotopic (exact) mass is 206 g/mol. The lowest BCUT2D eigenvalue weighted by Gasteiger charge is -1.97. The van der Waals surface area contributed by atoms with Crippen molar-refractivity contribution in [1.82, 2.24) is 5.16 Å². The highest BCUT2D eigenvalue weighted by Gasteiger charge is 2.11. The first kappa shape index (κ1) is 9.83. The molecular formula is C11H14N2O2. The van der Waals surface area contributed by atoms with Crippen molar-refractivity contribution in [2.24, 2.45) is 0 Å². The zero-order chi connectivity index (χ0) is 10.7. The number of furan rings is 1. The number of anilines is 1. The number of aromatic nitrogens is 1. The molecule has 2 rings (SSSR count). The average Bonchev–Trinajstić information content (AvgIpc) is 2.84. The number of nitrogens with two attached hydrogens (primary N) is 1. The molecule has 0 radical (unpaired) electrons. The van der Waals surface area contributed by atoms with Crippen molar-refractivity contribution in [2.75, 3.05) is 5.73 Å². The largest absolute Gasteiger partial charge is 0.469 e. The molecule has 0 amide bonds. The Kier molecular flexibility index (Phi) is 2.76. The number of nitrogen functional groups attached to an aromatic ring is 1. The maximum atomic E-state index is 5.65. The van der Waals surface area contributed by atoms with Crippen LogP contribution in [0.4, 0.5) is 5.88 Å². The highest BCUT2D eigenvalue weighted by molar-refractivity contribution is 5.39. The van der Waals surface area contributed by atoms with Gasteiger partial charge in [0.15, 0.2) is 0 Å². The van der Waals surface area contributed by atoms with Crippen LogP contribution in [0, 0.1) is 0 Å². The summed E-state index contributed by atoms with van der Waals surface area (Å²) in [6, 6.07) is 3.84. The maximum absolute atomic E-state index is 5.65. The third kappa shape index (κ3) is 2.03. The van der Waals surface area contributed by atoms with Crippen molar-refractivity contribution in [1.29, 1.82) is 0 Å². The Labute approximate surface area is 88.0 Å². The highest BCUT2D eigenvalue weighted by Crippen LogP contribution is 2.18. The van der Waals surface area contributed by atoms with E-state index in [1.807, 2.05) is 19.1 Å². The fraction of sp³-hybridized carbons (Fsp3) is 0.364. The molecule has 4 nitrogen and oxygen atoms in total. The summed E-state index contributed by atoms with van der Waals surface area (Å²) >= 11 is 0. The quantitative estimate of drug-likeness (QED) is 0.832. The van der Waals surface area contributed by atoms with Gasteiger partial charge in [-0.1, -0.05) is 12.1 Å². The molecule has 0 bridgehead atoms. The van der Waals surface area contributed by atoms with E-state index in [-0.39, 0.29) is 0 Å². The summed E-state index contributed by atoms with van der Waals surface area (Å²) in [6.45, 7) is 2.04. The summed E-state index contributed by atoms with van der Waals surface area (Å²) in [4.78, 5) is 0. The molecule has 2 heterocycles. The molecule has 0 unspecified atom stereocenters. The first-order chi connectivity index (χ1) is 7.31. The molecule has 0 fully saturated rings. The number of hydrogen-bond acceptors (Lipinski definition) is 4. The number of aryl methyl sites for hydroxylation is 2. The average molecular weight is 206 g/mol. The zero-order valence-corrected chi connectivity index (χ0v) is 8.69. The minimum absolute atomic E-state index is 0.437. The van der Waals surface area contributed by atoms with Gasteiger partial charge >= 0.3 is 0 Å². The van der Waals surface area contributed by atoms with Crippen LogP contribution >= 0.6 is 0 Å². The normalized spacial score (nSPS) is 10.7. The summed E-state index contributed by atoms with van der Waals surface area (Å²) in [6.07, 6.45) is 4.15. The zero-order valence-electron chi connectivity index (χ0n) is 8.69. The van der Waals surface area contributed by atoms with Gasteiger partial charge in [-0.25, -0.2) is 0 Å². The van der Waals surface area contributed by atoms with Crippen LogP contribution < -0.4 is 5.73 Å². The van der Waals surface area contributed by atoms with Gasteiger partial charge in [0.05, 0.1) is 12.0 Å². The van der Waals surface area contributed by atoms with Crippen LogP contribution in [0.3, 0.4) is 0 Å². The fourth-order valence-corrected chi connectivity index (χ4v) is 1.63. The summed E-state index contributed by atoms with van der Waals surface area (Å²) in [5, 5.41) is 3.94. The Morgan fingerprint density at radius 2 is 2.27 bits per heavy atom. The van der Waals surface area contributed by atoms with Crippen molar-refractivity contribution < 1.29 is 8.94 Å². The summed E-state index contributed by atoms with van der Waals surface area (Å²) in [5.41, 5.74) is 7.60. The number of nitrogens with zero attached hydrogens (tertiary/aromatic N) is 1. The number of hydrogen-bond donors (Lipinski definition) is 1. The van der Waals surface area contributed by atoms with Crippen molar-refractivity contribution in [3.05, 3.63) is 35.4 Å². The van der Waals surface area contributed by atoms with E-state index in [4.69, 9.17) is 14.7 Å².